The predicted molar refractivity (Wildman–Crippen MR) is 51.5 cm³/mol. The van der Waals surface area contributed by atoms with E-state index < -0.39 is 11.4 Å². The van der Waals surface area contributed by atoms with E-state index in [4.69, 9.17) is 15.4 Å². The minimum atomic E-state index is -0.844. The summed E-state index contributed by atoms with van der Waals surface area (Å²) in [4.78, 5) is 14.1. The minimum absolute atomic E-state index is 0.0834. The molecule has 6 heteroatoms. The fourth-order valence-electron chi connectivity index (χ4n) is 2.04. The van der Waals surface area contributed by atoms with Crippen LogP contribution in [0.25, 0.3) is 0 Å². The van der Waals surface area contributed by atoms with Gasteiger partial charge in [-0.2, -0.15) is 0 Å². The number of hydrogen-bond acceptors (Lipinski definition) is 4. The van der Waals surface area contributed by atoms with Crippen molar-refractivity contribution in [2.24, 2.45) is 10.5 Å². The van der Waals surface area contributed by atoms with Gasteiger partial charge in [0.2, 0.25) is 4.91 Å². The quantitative estimate of drug-likeness (QED) is 0.545. The third-order valence-electron chi connectivity index (χ3n) is 3.19. The zero-order valence-corrected chi connectivity index (χ0v) is 8.93. The molecule has 1 aliphatic carbocycles. The van der Waals surface area contributed by atoms with Gasteiger partial charge in [0.25, 0.3) is 0 Å². The number of nitrogens with one attached hydrogen (secondary N) is 1. The van der Waals surface area contributed by atoms with E-state index in [9.17, 15) is 4.79 Å². The zero-order valence-electron chi connectivity index (χ0n) is 8.93. The first-order chi connectivity index (χ1) is 7.04. The molecule has 2 N–H and O–H groups in total. The molecule has 0 saturated heterocycles. The van der Waals surface area contributed by atoms with Gasteiger partial charge in [0.1, 0.15) is 16.7 Å². The molecule has 0 spiro atoms. The second kappa shape index (κ2) is 4.51. The molecule has 0 radical (unpaired) electrons. The number of nitrogens with zero attached hydrogens (tertiary/aromatic N) is 2. The monoisotopic (exact) mass is 214 g/mol. The molecule has 84 valence electrons. The SMILES string of the molecule is CO[C@@H]1C[C@@H](N=[N+]=N)CC[C@]1(C)C(=O)O. The number of carbonyl (C=O) groups is 1. The molecule has 1 fully saturated rings. The van der Waals surface area contributed by atoms with Crippen LogP contribution in [0.2, 0.25) is 0 Å². The van der Waals surface area contributed by atoms with Gasteiger partial charge in [-0.1, -0.05) is 0 Å². The number of methoxy groups -OCH3 is 1. The molecule has 0 aromatic rings. The van der Waals surface area contributed by atoms with E-state index in [1.807, 2.05) is 0 Å². The second-order valence-electron chi connectivity index (χ2n) is 4.09. The smallest absolute Gasteiger partial charge is 0.312 e. The highest BCUT2D eigenvalue weighted by Crippen LogP contribution is 2.39. The van der Waals surface area contributed by atoms with Crippen LogP contribution in [-0.4, -0.2) is 30.3 Å². The number of carboxylic acids is 1. The molecule has 0 aromatic heterocycles. The largest absolute Gasteiger partial charge is 0.481 e. The Hall–Kier alpha value is -1.26. The minimum Gasteiger partial charge on any atom is -0.481 e. The maximum Gasteiger partial charge on any atom is 0.312 e. The van der Waals surface area contributed by atoms with Gasteiger partial charge in [0, 0.05) is 13.5 Å². The van der Waals surface area contributed by atoms with Crippen molar-refractivity contribution in [2.45, 2.75) is 38.3 Å². The van der Waals surface area contributed by atoms with Crippen LogP contribution in [0.1, 0.15) is 26.2 Å². The maximum atomic E-state index is 11.1. The van der Waals surface area contributed by atoms with E-state index in [1.165, 1.54) is 7.11 Å². The van der Waals surface area contributed by atoms with Crippen LogP contribution in [-0.2, 0) is 9.53 Å². The molecule has 0 heterocycles. The van der Waals surface area contributed by atoms with E-state index in [2.05, 4.69) is 10.0 Å². The standard InChI is InChI=1S/C9H15N3O3/c1-9(8(13)14)4-3-6(11-12-10)5-7(9)15-2/h6-7,10H,3-5H2,1-2H3/p+1/t6-,7+,9-/m0/s1. The number of ether oxygens (including phenoxy) is 1. The van der Waals surface area contributed by atoms with E-state index >= 15 is 0 Å². The van der Waals surface area contributed by atoms with E-state index in [1.54, 1.807) is 6.92 Å². The van der Waals surface area contributed by atoms with Crippen LogP contribution in [0.5, 0.6) is 0 Å². The highest BCUT2D eigenvalue weighted by Gasteiger charge is 2.47. The van der Waals surface area contributed by atoms with Gasteiger partial charge in [-0.25, -0.2) is 0 Å². The first kappa shape index (κ1) is 11.8. The summed E-state index contributed by atoms with van der Waals surface area (Å²) < 4.78 is 5.20. The summed E-state index contributed by atoms with van der Waals surface area (Å²) in [6.07, 6.45) is 1.30. The molecular formula is C9H16N3O3+. The predicted octanol–water partition coefficient (Wildman–Crippen LogP) is 1.20. The van der Waals surface area contributed by atoms with Crippen molar-refractivity contribution >= 4 is 5.97 Å². The van der Waals surface area contributed by atoms with Crippen LogP contribution in [0.4, 0.5) is 0 Å². The Morgan fingerprint density at radius 2 is 2.40 bits per heavy atom. The average molecular weight is 214 g/mol. The molecule has 1 aliphatic rings. The topological polar surface area (TPSA) is 96.8 Å². The molecular weight excluding hydrogens is 198 g/mol. The Kier molecular flexibility index (Phi) is 3.55. The normalized spacial score (nSPS) is 35.6. The lowest BCUT2D eigenvalue weighted by molar-refractivity contribution is -0.160. The Bertz CT molecular complexity index is 301. The van der Waals surface area contributed by atoms with Crippen molar-refractivity contribution in [3.05, 3.63) is 0 Å². The molecule has 0 unspecified atom stereocenters. The van der Waals surface area contributed by atoms with Gasteiger partial charge in [-0.15, -0.1) is 0 Å². The first-order valence-corrected chi connectivity index (χ1v) is 4.87. The zero-order chi connectivity index (χ0) is 11.5. The fraction of sp³-hybridized carbons (Fsp3) is 0.889. The van der Waals surface area contributed by atoms with Crippen molar-refractivity contribution in [3.63, 3.8) is 0 Å². The lowest BCUT2D eigenvalue weighted by Gasteiger charge is -2.37. The maximum absolute atomic E-state index is 11.1. The lowest BCUT2D eigenvalue weighted by atomic mass is 9.72. The van der Waals surface area contributed by atoms with Crippen molar-refractivity contribution in [1.29, 1.82) is 5.53 Å². The number of hydrogen-bond donors (Lipinski definition) is 2. The first-order valence-electron chi connectivity index (χ1n) is 4.87. The molecule has 1 rings (SSSR count). The molecule has 0 bridgehead atoms. The van der Waals surface area contributed by atoms with Gasteiger partial charge in [-0.3, -0.25) is 4.79 Å². The van der Waals surface area contributed by atoms with Crippen LogP contribution >= 0.6 is 0 Å². The summed E-state index contributed by atoms with van der Waals surface area (Å²) in [6.45, 7) is 1.69. The van der Waals surface area contributed by atoms with Gasteiger partial charge in [0.15, 0.2) is 0 Å². The summed E-state index contributed by atoms with van der Waals surface area (Å²) in [6, 6.07) is -0.0834. The highest BCUT2D eigenvalue weighted by molar-refractivity contribution is 5.75. The van der Waals surface area contributed by atoms with Crippen molar-refractivity contribution < 1.29 is 14.6 Å². The average Bonchev–Trinajstić information content (AvgIpc) is 2.21. The van der Waals surface area contributed by atoms with Crippen LogP contribution in [0.3, 0.4) is 0 Å². The lowest BCUT2D eigenvalue weighted by Crippen LogP contribution is -2.46. The van der Waals surface area contributed by atoms with Crippen LogP contribution in [0, 0.1) is 10.9 Å². The Morgan fingerprint density at radius 3 is 2.87 bits per heavy atom. The number of rotatable bonds is 3. The second-order valence-corrected chi connectivity index (χ2v) is 4.09. The third kappa shape index (κ3) is 2.22. The third-order valence-corrected chi connectivity index (χ3v) is 3.19. The van der Waals surface area contributed by atoms with Gasteiger partial charge < -0.3 is 9.84 Å². The van der Waals surface area contributed by atoms with E-state index in [0.29, 0.717) is 19.3 Å². The Balaban J connectivity index is 2.81. The Morgan fingerprint density at radius 1 is 1.73 bits per heavy atom. The van der Waals surface area contributed by atoms with Crippen LogP contribution < -0.4 is 4.91 Å². The van der Waals surface area contributed by atoms with Gasteiger partial charge in [0.05, 0.1) is 11.5 Å². The summed E-state index contributed by atoms with van der Waals surface area (Å²) in [5.41, 5.74) is 5.80. The van der Waals surface area contributed by atoms with E-state index in [0.717, 1.165) is 0 Å². The van der Waals surface area contributed by atoms with Crippen LogP contribution in [0.15, 0.2) is 5.11 Å². The number of aliphatic carboxylic acids is 1. The summed E-state index contributed by atoms with van der Waals surface area (Å²) >= 11 is 0. The highest BCUT2D eigenvalue weighted by atomic mass is 16.5. The fourth-order valence-corrected chi connectivity index (χ4v) is 2.04. The molecule has 15 heavy (non-hydrogen) atoms. The van der Waals surface area contributed by atoms with Crippen molar-refractivity contribution in [2.75, 3.05) is 7.11 Å². The summed E-state index contributed by atoms with van der Waals surface area (Å²) in [5.74, 6) is -0.837. The molecule has 1 saturated carbocycles. The summed E-state index contributed by atoms with van der Waals surface area (Å²) in [7, 11) is 1.51. The van der Waals surface area contributed by atoms with Gasteiger partial charge in [-0.05, 0) is 19.8 Å². The molecule has 6 nitrogen and oxygen atoms in total. The molecule has 0 amide bonds. The Labute approximate surface area is 87.9 Å². The van der Waals surface area contributed by atoms with Gasteiger partial charge >= 0.3 is 5.97 Å². The number of carboxylic acid groups (broad SMARTS) is 1. The van der Waals surface area contributed by atoms with Crippen molar-refractivity contribution in [3.8, 4) is 0 Å². The van der Waals surface area contributed by atoms with E-state index in [-0.39, 0.29) is 12.1 Å². The van der Waals surface area contributed by atoms with Crippen molar-refractivity contribution in [1.82, 2.24) is 4.91 Å². The molecule has 0 aliphatic heterocycles. The molecule has 3 atom stereocenters. The molecule has 0 aromatic carbocycles. The summed E-state index contributed by atoms with van der Waals surface area (Å²) in [5, 5.41) is 12.9.